The Morgan fingerprint density at radius 1 is 1.24 bits per heavy atom. The van der Waals surface area contributed by atoms with E-state index in [1.54, 1.807) is 11.3 Å². The van der Waals surface area contributed by atoms with Gasteiger partial charge in [-0.2, -0.15) is 5.10 Å². The molecule has 2 N–H and O–H groups in total. The van der Waals surface area contributed by atoms with Crippen LogP contribution < -0.4 is 10.7 Å². The molecule has 0 aliphatic heterocycles. The summed E-state index contributed by atoms with van der Waals surface area (Å²) in [6.07, 6.45) is 7.97. The van der Waals surface area contributed by atoms with Gasteiger partial charge in [-0.3, -0.25) is 5.43 Å². The maximum atomic E-state index is 5.23. The minimum Gasteiger partial charge on any atom is -0.307 e. The molecular formula is C15H13N4S2. The van der Waals surface area contributed by atoms with Crippen LogP contribution in [0, 0.1) is 31.6 Å². The third-order valence-corrected chi connectivity index (χ3v) is 4.07. The van der Waals surface area contributed by atoms with Gasteiger partial charge in [-0.1, -0.05) is 23.5 Å². The molecule has 4 nitrogen and oxygen atoms in total. The Labute approximate surface area is 133 Å². The average molecular weight is 313 g/mol. The smallest absolute Gasteiger partial charge is 0.193 e. The minimum absolute atomic E-state index is 0.431. The van der Waals surface area contributed by atoms with Gasteiger partial charge in [-0.05, 0) is 57.0 Å². The summed E-state index contributed by atoms with van der Waals surface area (Å²) in [4.78, 5) is 4.46. The monoisotopic (exact) mass is 313 g/mol. The zero-order valence-electron chi connectivity index (χ0n) is 11.3. The summed E-state index contributed by atoms with van der Waals surface area (Å²) in [6.45, 7) is 1.93. The van der Waals surface area contributed by atoms with E-state index in [9.17, 15) is 0 Å². The second-order valence-corrected chi connectivity index (χ2v) is 5.86. The highest BCUT2D eigenvalue weighted by molar-refractivity contribution is 7.80. The van der Waals surface area contributed by atoms with Crippen LogP contribution in [0.4, 0.5) is 5.13 Å². The number of hydrogen-bond donors (Lipinski definition) is 2. The molecule has 6 heteroatoms. The number of nitrogens with one attached hydrogen (secondary N) is 2. The fraction of sp³-hybridized carbons (Fsp3) is 0.0667. The van der Waals surface area contributed by atoms with E-state index in [-0.39, 0.29) is 0 Å². The van der Waals surface area contributed by atoms with E-state index in [4.69, 9.17) is 12.2 Å². The molecule has 1 saturated carbocycles. The highest BCUT2D eigenvalue weighted by atomic mass is 32.1. The van der Waals surface area contributed by atoms with E-state index in [0.29, 0.717) is 5.11 Å². The van der Waals surface area contributed by atoms with E-state index < -0.39 is 0 Å². The van der Waals surface area contributed by atoms with Crippen LogP contribution in [-0.2, 0) is 0 Å². The maximum absolute atomic E-state index is 5.23. The highest BCUT2D eigenvalue weighted by Crippen LogP contribution is 2.25. The van der Waals surface area contributed by atoms with Gasteiger partial charge in [0.15, 0.2) is 10.2 Å². The lowest BCUT2D eigenvalue weighted by Crippen LogP contribution is -2.25. The summed E-state index contributed by atoms with van der Waals surface area (Å²) >= 11 is 6.79. The molecule has 1 aromatic heterocycles. The molecule has 1 aromatic carbocycles. The first-order valence-electron chi connectivity index (χ1n) is 6.41. The molecule has 1 heterocycles. The quantitative estimate of drug-likeness (QED) is 0.518. The Morgan fingerprint density at radius 2 is 2.00 bits per heavy atom. The summed E-state index contributed by atoms with van der Waals surface area (Å²) in [5, 5.41) is 8.50. The van der Waals surface area contributed by atoms with Crippen molar-refractivity contribution >= 4 is 49.7 Å². The predicted octanol–water partition coefficient (Wildman–Crippen LogP) is 3.36. The fourth-order valence-corrected chi connectivity index (χ4v) is 2.94. The third kappa shape index (κ3) is 3.57. The zero-order valence-corrected chi connectivity index (χ0v) is 13.0. The number of aromatic nitrogens is 1. The summed E-state index contributed by atoms with van der Waals surface area (Å²) in [5.74, 6) is 1.07. The number of hydrazone groups is 1. The second kappa shape index (κ2) is 6.49. The first-order chi connectivity index (χ1) is 10.2. The number of anilines is 1. The van der Waals surface area contributed by atoms with Crippen molar-refractivity contribution in [3.8, 4) is 0 Å². The van der Waals surface area contributed by atoms with E-state index in [1.807, 2.05) is 56.9 Å². The van der Waals surface area contributed by atoms with Crippen molar-refractivity contribution in [3.05, 3.63) is 55.9 Å². The molecular weight excluding hydrogens is 300 g/mol. The number of rotatable bonds is 3. The zero-order chi connectivity index (χ0) is 14.7. The minimum atomic E-state index is 0.431. The number of fused-ring (bicyclic) bond motifs is 1. The normalized spacial score (nSPS) is 16.3. The number of nitrogens with zero attached hydrogens (tertiary/aromatic N) is 2. The van der Waals surface area contributed by atoms with Crippen molar-refractivity contribution in [2.24, 2.45) is 5.10 Å². The van der Waals surface area contributed by atoms with Crippen molar-refractivity contribution < 1.29 is 0 Å². The van der Waals surface area contributed by atoms with Crippen LogP contribution in [0.5, 0.6) is 0 Å². The molecule has 1 aliphatic rings. The lowest BCUT2D eigenvalue weighted by atomic mass is 10.0. The van der Waals surface area contributed by atoms with E-state index in [1.165, 1.54) is 0 Å². The Morgan fingerprint density at radius 3 is 2.76 bits per heavy atom. The Bertz CT molecular complexity index is 638. The van der Waals surface area contributed by atoms with Gasteiger partial charge in [-0.25, -0.2) is 4.98 Å². The molecule has 2 aromatic rings. The number of thiazole rings is 1. The van der Waals surface area contributed by atoms with Crippen LogP contribution in [0.25, 0.3) is 10.2 Å². The molecule has 0 atom stereocenters. The van der Waals surface area contributed by atoms with Crippen LogP contribution in [0.3, 0.4) is 0 Å². The van der Waals surface area contributed by atoms with Crippen LogP contribution in [0.15, 0.2) is 29.4 Å². The van der Waals surface area contributed by atoms with Gasteiger partial charge in [-0.15, -0.1) is 0 Å². The standard InChI is InChI=1S/C15H13N4S2/c1-10(11-6-2-3-7-11)18-19-14(20)17-15-16-12-8-4-5-9-13(12)21-15/h2-9H,1H3,(H2,16,17,19,20)/b18-10-. The lowest BCUT2D eigenvalue weighted by molar-refractivity contribution is 1.03. The predicted molar refractivity (Wildman–Crippen MR) is 92.5 cm³/mol. The van der Waals surface area contributed by atoms with Gasteiger partial charge in [0.05, 0.1) is 10.2 Å². The molecule has 0 saturated heterocycles. The Balaban J connectivity index is 1.59. The molecule has 0 amide bonds. The first-order valence-corrected chi connectivity index (χ1v) is 7.64. The van der Waals surface area contributed by atoms with E-state index in [2.05, 4.69) is 20.8 Å². The summed E-state index contributed by atoms with van der Waals surface area (Å²) < 4.78 is 1.12. The van der Waals surface area contributed by atoms with Crippen molar-refractivity contribution in [3.63, 3.8) is 0 Å². The van der Waals surface area contributed by atoms with Crippen LogP contribution >= 0.6 is 23.6 Å². The van der Waals surface area contributed by atoms with Crippen molar-refractivity contribution in [2.75, 3.05) is 5.32 Å². The first kappa shape index (κ1) is 14.4. The summed E-state index contributed by atoms with van der Waals surface area (Å²) in [6, 6.07) is 7.97. The van der Waals surface area contributed by atoms with Gasteiger partial charge in [0.25, 0.3) is 0 Å². The van der Waals surface area contributed by atoms with Crippen molar-refractivity contribution in [1.82, 2.24) is 10.4 Å². The molecule has 0 unspecified atom stereocenters. The molecule has 5 radical (unpaired) electrons. The average Bonchev–Trinajstić information content (AvgIpc) is 3.13. The van der Waals surface area contributed by atoms with Crippen LogP contribution in [0.2, 0.25) is 0 Å². The third-order valence-electron chi connectivity index (χ3n) is 2.92. The van der Waals surface area contributed by atoms with E-state index >= 15 is 0 Å². The molecule has 21 heavy (non-hydrogen) atoms. The molecule has 0 bridgehead atoms. The van der Waals surface area contributed by atoms with Crippen LogP contribution in [0.1, 0.15) is 6.92 Å². The molecule has 105 valence electrons. The summed E-state index contributed by atoms with van der Waals surface area (Å²) in [5.41, 5.74) is 4.68. The SMILES string of the molecule is C/C(=N/NC(=S)Nc1nc2ccccc2s1)[C]1[CH][CH][CH][CH]1. The van der Waals surface area contributed by atoms with Crippen molar-refractivity contribution in [1.29, 1.82) is 0 Å². The molecule has 1 aliphatic carbocycles. The van der Waals surface area contributed by atoms with E-state index in [0.717, 1.165) is 27.0 Å². The lowest BCUT2D eigenvalue weighted by Gasteiger charge is -2.08. The van der Waals surface area contributed by atoms with Crippen LogP contribution in [-0.4, -0.2) is 15.8 Å². The van der Waals surface area contributed by atoms with Gasteiger partial charge in [0.1, 0.15) is 0 Å². The number of thiocarbonyl (C=S) groups is 1. The van der Waals surface area contributed by atoms with Crippen molar-refractivity contribution in [2.45, 2.75) is 6.92 Å². The number of para-hydroxylation sites is 1. The van der Waals surface area contributed by atoms with Gasteiger partial charge >= 0.3 is 0 Å². The number of benzene rings is 1. The fourth-order valence-electron chi connectivity index (χ4n) is 1.87. The van der Waals surface area contributed by atoms with Gasteiger partial charge in [0, 0.05) is 11.6 Å². The van der Waals surface area contributed by atoms with Gasteiger partial charge < -0.3 is 5.32 Å². The molecule has 3 rings (SSSR count). The largest absolute Gasteiger partial charge is 0.307 e. The Kier molecular flexibility index (Phi) is 4.45. The second-order valence-electron chi connectivity index (χ2n) is 4.42. The summed E-state index contributed by atoms with van der Waals surface area (Å²) in [7, 11) is 0. The topological polar surface area (TPSA) is 49.3 Å². The van der Waals surface area contributed by atoms with Gasteiger partial charge in [0.2, 0.25) is 0 Å². The Hall–Kier alpha value is -1.53. The molecule has 1 fully saturated rings. The number of hydrogen-bond acceptors (Lipinski definition) is 4. The maximum Gasteiger partial charge on any atom is 0.193 e. The molecule has 0 spiro atoms. The highest BCUT2D eigenvalue weighted by Gasteiger charge is 2.19.